The summed E-state index contributed by atoms with van der Waals surface area (Å²) in [7, 11) is 1.27. The first kappa shape index (κ1) is 12.6. The molecule has 15 heavy (non-hydrogen) atoms. The summed E-state index contributed by atoms with van der Waals surface area (Å²) in [5.74, 6) is -4.62. The van der Waals surface area contributed by atoms with E-state index in [0.717, 1.165) is 4.90 Å². The van der Waals surface area contributed by atoms with Gasteiger partial charge in [0.15, 0.2) is 0 Å². The Morgan fingerprint density at radius 2 is 1.47 bits per heavy atom. The van der Waals surface area contributed by atoms with Crippen LogP contribution in [0.5, 0.6) is 0 Å². The summed E-state index contributed by atoms with van der Waals surface area (Å²) in [5, 5.41) is 0. The van der Waals surface area contributed by atoms with Crippen LogP contribution in [0.4, 0.5) is 26.3 Å². The Balaban J connectivity index is 2.98. The van der Waals surface area contributed by atoms with Crippen LogP contribution < -0.4 is 0 Å². The molecule has 1 saturated heterocycles. The molecule has 0 aromatic rings. The van der Waals surface area contributed by atoms with Crippen LogP contribution in [-0.2, 0) is 0 Å². The van der Waals surface area contributed by atoms with Gasteiger partial charge in [0.1, 0.15) is 0 Å². The van der Waals surface area contributed by atoms with Crippen LogP contribution in [0.25, 0.3) is 0 Å². The first-order valence-electron chi connectivity index (χ1n) is 4.39. The highest BCUT2D eigenvalue weighted by Gasteiger charge is 2.61. The normalized spacial score (nSPS) is 34.8. The molecule has 0 N–H and O–H groups in total. The summed E-state index contributed by atoms with van der Waals surface area (Å²) >= 11 is 0. The Kier molecular flexibility index (Phi) is 2.97. The van der Waals surface area contributed by atoms with Crippen LogP contribution in [0.15, 0.2) is 0 Å². The minimum atomic E-state index is -4.80. The van der Waals surface area contributed by atoms with Gasteiger partial charge in [-0.3, -0.25) is 0 Å². The smallest absolute Gasteiger partial charge is 0.302 e. The van der Waals surface area contributed by atoms with Gasteiger partial charge < -0.3 is 4.90 Å². The van der Waals surface area contributed by atoms with Crippen molar-refractivity contribution in [3.05, 3.63) is 0 Å². The van der Waals surface area contributed by atoms with Crippen molar-refractivity contribution >= 4 is 0 Å². The summed E-state index contributed by atoms with van der Waals surface area (Å²) in [6.45, 7) is 0.582. The highest BCUT2D eigenvalue weighted by Crippen LogP contribution is 2.47. The van der Waals surface area contributed by atoms with Crippen LogP contribution in [0, 0.1) is 11.8 Å². The predicted octanol–water partition coefficient (Wildman–Crippen LogP) is 2.68. The molecule has 1 aliphatic heterocycles. The first-order valence-corrected chi connectivity index (χ1v) is 4.39. The zero-order chi connectivity index (χ0) is 12.0. The molecule has 0 aliphatic carbocycles. The minimum absolute atomic E-state index is 0.588. The van der Waals surface area contributed by atoms with Gasteiger partial charge in [0.25, 0.3) is 0 Å². The van der Waals surface area contributed by atoms with Crippen LogP contribution in [0.1, 0.15) is 6.92 Å². The lowest BCUT2D eigenvalue weighted by Gasteiger charge is -2.26. The highest BCUT2D eigenvalue weighted by atomic mass is 19.4. The number of hydrogen-bond acceptors (Lipinski definition) is 1. The SMILES string of the molecule is CC1[C@@H](C(F)(F)F)[C@@H](C(F)(F)F)CN1C. The molecule has 1 heterocycles. The van der Waals surface area contributed by atoms with Crippen molar-refractivity contribution in [2.75, 3.05) is 13.6 Å². The second-order valence-corrected chi connectivity index (χ2v) is 3.90. The van der Waals surface area contributed by atoms with Gasteiger partial charge in [-0.15, -0.1) is 0 Å². The van der Waals surface area contributed by atoms with Crippen molar-refractivity contribution < 1.29 is 26.3 Å². The molecule has 3 atom stereocenters. The third-order valence-corrected chi connectivity index (χ3v) is 2.93. The number of hydrogen-bond donors (Lipinski definition) is 0. The minimum Gasteiger partial charge on any atom is -0.302 e. The van der Waals surface area contributed by atoms with Gasteiger partial charge in [-0.1, -0.05) is 0 Å². The van der Waals surface area contributed by atoms with Gasteiger partial charge in [-0.05, 0) is 14.0 Å². The molecular formula is C8H11F6N. The van der Waals surface area contributed by atoms with Crippen molar-refractivity contribution in [3.8, 4) is 0 Å². The fourth-order valence-corrected chi connectivity index (χ4v) is 2.01. The van der Waals surface area contributed by atoms with Gasteiger partial charge in [0, 0.05) is 12.6 Å². The summed E-state index contributed by atoms with van der Waals surface area (Å²) < 4.78 is 74.4. The second-order valence-electron chi connectivity index (χ2n) is 3.90. The summed E-state index contributed by atoms with van der Waals surface area (Å²) in [6.07, 6.45) is -9.59. The maximum atomic E-state index is 12.4. The van der Waals surface area contributed by atoms with Gasteiger partial charge in [-0.25, -0.2) is 0 Å². The zero-order valence-corrected chi connectivity index (χ0v) is 8.15. The number of alkyl halides is 6. The van der Waals surface area contributed by atoms with E-state index in [9.17, 15) is 26.3 Å². The predicted molar refractivity (Wildman–Crippen MR) is 41.2 cm³/mol. The van der Waals surface area contributed by atoms with E-state index < -0.39 is 36.8 Å². The molecule has 0 radical (unpaired) electrons. The van der Waals surface area contributed by atoms with Gasteiger partial charge in [-0.2, -0.15) is 26.3 Å². The molecule has 1 nitrogen and oxygen atoms in total. The molecular weight excluding hydrogens is 224 g/mol. The average Bonchev–Trinajstić information content (AvgIpc) is 2.25. The monoisotopic (exact) mass is 235 g/mol. The lowest BCUT2D eigenvalue weighted by atomic mass is 9.90. The molecule has 0 saturated carbocycles. The quantitative estimate of drug-likeness (QED) is 0.583. The van der Waals surface area contributed by atoms with Crippen molar-refractivity contribution in [1.29, 1.82) is 0 Å². The maximum Gasteiger partial charge on any atom is 0.393 e. The van der Waals surface area contributed by atoms with Crippen molar-refractivity contribution in [2.45, 2.75) is 25.3 Å². The fraction of sp³-hybridized carbons (Fsp3) is 1.00. The number of nitrogens with zero attached hydrogens (tertiary/aromatic N) is 1. The van der Waals surface area contributed by atoms with Crippen LogP contribution in [0.3, 0.4) is 0 Å². The van der Waals surface area contributed by atoms with Gasteiger partial charge in [0.2, 0.25) is 0 Å². The average molecular weight is 235 g/mol. The molecule has 0 aromatic heterocycles. The van der Waals surface area contributed by atoms with E-state index in [4.69, 9.17) is 0 Å². The summed E-state index contributed by atoms with van der Waals surface area (Å²) in [5.41, 5.74) is 0. The van der Waals surface area contributed by atoms with E-state index in [0.29, 0.717) is 0 Å². The topological polar surface area (TPSA) is 3.24 Å². The lowest BCUT2D eigenvalue weighted by molar-refractivity contribution is -0.244. The maximum absolute atomic E-state index is 12.4. The molecule has 0 aromatic carbocycles. The number of rotatable bonds is 0. The third-order valence-electron chi connectivity index (χ3n) is 2.93. The van der Waals surface area contributed by atoms with E-state index in [2.05, 4.69) is 0 Å². The second kappa shape index (κ2) is 3.54. The zero-order valence-electron chi connectivity index (χ0n) is 8.15. The Labute approximate surface area is 83.0 Å². The Hall–Kier alpha value is -0.460. The molecule has 0 bridgehead atoms. The molecule has 1 aliphatic rings. The van der Waals surface area contributed by atoms with Crippen LogP contribution in [-0.4, -0.2) is 36.9 Å². The van der Waals surface area contributed by atoms with Gasteiger partial charge in [0.05, 0.1) is 11.8 Å². The van der Waals surface area contributed by atoms with E-state index in [1.807, 2.05) is 0 Å². The van der Waals surface area contributed by atoms with Crippen molar-refractivity contribution in [3.63, 3.8) is 0 Å². The van der Waals surface area contributed by atoms with E-state index in [1.165, 1.54) is 14.0 Å². The summed E-state index contributed by atoms with van der Waals surface area (Å²) in [6, 6.07) is -1.13. The lowest BCUT2D eigenvalue weighted by Crippen LogP contribution is -2.40. The van der Waals surface area contributed by atoms with Crippen molar-refractivity contribution in [1.82, 2.24) is 4.90 Å². The highest BCUT2D eigenvalue weighted by molar-refractivity contribution is 4.95. The largest absolute Gasteiger partial charge is 0.393 e. The third kappa shape index (κ3) is 2.38. The Bertz CT molecular complexity index is 232. The first-order chi connectivity index (χ1) is 6.55. The molecule has 0 spiro atoms. The van der Waals surface area contributed by atoms with E-state index in [-0.39, 0.29) is 0 Å². The molecule has 1 rings (SSSR count). The number of likely N-dealkylation sites (tertiary alicyclic amines) is 1. The van der Waals surface area contributed by atoms with Crippen LogP contribution >= 0.6 is 0 Å². The number of halogens is 6. The molecule has 90 valence electrons. The molecule has 0 amide bonds. The molecule has 1 fully saturated rings. The van der Waals surface area contributed by atoms with E-state index >= 15 is 0 Å². The summed E-state index contributed by atoms with van der Waals surface area (Å²) in [4.78, 5) is 1.09. The van der Waals surface area contributed by atoms with E-state index in [1.54, 1.807) is 0 Å². The molecule has 7 heteroatoms. The molecule has 1 unspecified atom stereocenters. The van der Waals surface area contributed by atoms with Crippen LogP contribution in [0.2, 0.25) is 0 Å². The fourth-order valence-electron chi connectivity index (χ4n) is 2.01. The van der Waals surface area contributed by atoms with Crippen molar-refractivity contribution in [2.24, 2.45) is 11.8 Å². The standard InChI is InChI=1S/C8H11F6N/c1-4-6(8(12,13)14)5(3-15(4)2)7(9,10)11/h4-6H,3H2,1-2H3/t4?,5-,6+/m0/s1. The van der Waals surface area contributed by atoms with Gasteiger partial charge >= 0.3 is 12.4 Å². The Morgan fingerprint density at radius 3 is 1.73 bits per heavy atom. The Morgan fingerprint density at radius 1 is 1.00 bits per heavy atom.